The molecular formula is C10H13N3O. The van der Waals surface area contributed by atoms with Crippen LogP contribution in [0.3, 0.4) is 0 Å². The van der Waals surface area contributed by atoms with Gasteiger partial charge in [0.05, 0.1) is 11.8 Å². The Morgan fingerprint density at radius 3 is 2.71 bits per heavy atom. The van der Waals surface area contributed by atoms with E-state index in [0.717, 1.165) is 5.82 Å². The van der Waals surface area contributed by atoms with Crippen LogP contribution >= 0.6 is 0 Å². The number of hydrogen-bond donors (Lipinski definition) is 1. The topological polar surface area (TPSA) is 61.8 Å². The molecule has 4 heteroatoms. The fourth-order valence-corrected chi connectivity index (χ4v) is 1.23. The minimum atomic E-state index is -1.05. The zero-order chi connectivity index (χ0) is 10.8. The summed E-state index contributed by atoms with van der Waals surface area (Å²) in [5, 5.41) is 18.5. The predicted octanol–water partition coefficient (Wildman–Crippen LogP) is 1.33. The van der Waals surface area contributed by atoms with E-state index in [9.17, 15) is 5.11 Å². The Bertz CT molecular complexity index is 390. The van der Waals surface area contributed by atoms with E-state index in [0.29, 0.717) is 5.70 Å². The number of nitriles is 1. The van der Waals surface area contributed by atoms with Crippen molar-refractivity contribution < 1.29 is 5.11 Å². The van der Waals surface area contributed by atoms with Crippen molar-refractivity contribution in [3.63, 3.8) is 0 Å². The van der Waals surface area contributed by atoms with E-state index >= 15 is 0 Å². The largest absolute Gasteiger partial charge is 0.384 e. The molecule has 14 heavy (non-hydrogen) atoms. The van der Waals surface area contributed by atoms with Crippen LogP contribution in [0.1, 0.15) is 19.7 Å². The molecule has 0 aliphatic carbocycles. The van der Waals surface area contributed by atoms with Crippen LogP contribution in [-0.4, -0.2) is 20.3 Å². The van der Waals surface area contributed by atoms with Crippen molar-refractivity contribution in [2.75, 3.05) is 0 Å². The standard InChI is InChI=1S/C10H13N3O/c1-8-12-6-7-13(8)9(4-5-11)10(2,3)14/h4,6-7,14H,1-3H3. The van der Waals surface area contributed by atoms with E-state index in [1.165, 1.54) is 6.08 Å². The second-order valence-corrected chi connectivity index (χ2v) is 3.56. The van der Waals surface area contributed by atoms with Crippen molar-refractivity contribution in [1.29, 1.82) is 5.26 Å². The molecule has 4 nitrogen and oxygen atoms in total. The Labute approximate surface area is 83.1 Å². The quantitative estimate of drug-likeness (QED) is 0.717. The van der Waals surface area contributed by atoms with Gasteiger partial charge in [0.25, 0.3) is 0 Å². The SMILES string of the molecule is Cc1nccn1C(=CC#N)C(C)(C)O. The maximum Gasteiger partial charge on any atom is 0.109 e. The van der Waals surface area contributed by atoms with Crippen molar-refractivity contribution in [1.82, 2.24) is 9.55 Å². The summed E-state index contributed by atoms with van der Waals surface area (Å²) >= 11 is 0. The first-order valence-electron chi connectivity index (χ1n) is 4.30. The molecule has 0 radical (unpaired) electrons. The van der Waals surface area contributed by atoms with Gasteiger partial charge in [0.15, 0.2) is 0 Å². The van der Waals surface area contributed by atoms with Gasteiger partial charge in [-0.1, -0.05) is 0 Å². The summed E-state index contributed by atoms with van der Waals surface area (Å²) in [5.41, 5.74) is -0.531. The van der Waals surface area contributed by atoms with Crippen LogP contribution in [0.25, 0.3) is 5.70 Å². The van der Waals surface area contributed by atoms with Gasteiger partial charge >= 0.3 is 0 Å². The number of nitrogens with zero attached hydrogens (tertiary/aromatic N) is 3. The third kappa shape index (κ3) is 2.01. The van der Waals surface area contributed by atoms with Crippen LogP contribution in [-0.2, 0) is 0 Å². The zero-order valence-electron chi connectivity index (χ0n) is 8.52. The second-order valence-electron chi connectivity index (χ2n) is 3.56. The smallest absolute Gasteiger partial charge is 0.109 e. The summed E-state index contributed by atoms with van der Waals surface area (Å²) < 4.78 is 1.70. The molecule has 0 saturated carbocycles. The number of hydrogen-bond acceptors (Lipinski definition) is 3. The lowest BCUT2D eigenvalue weighted by Crippen LogP contribution is -2.25. The number of allylic oxidation sites excluding steroid dienone is 1. The minimum Gasteiger partial charge on any atom is -0.384 e. The first kappa shape index (κ1) is 10.5. The average Bonchev–Trinajstić information content (AvgIpc) is 2.45. The Morgan fingerprint density at radius 2 is 2.36 bits per heavy atom. The van der Waals surface area contributed by atoms with Crippen LogP contribution in [0.15, 0.2) is 18.5 Å². The van der Waals surface area contributed by atoms with Gasteiger partial charge in [0.1, 0.15) is 11.4 Å². The fourth-order valence-electron chi connectivity index (χ4n) is 1.23. The first-order chi connectivity index (χ1) is 6.46. The minimum absolute atomic E-state index is 0.523. The lowest BCUT2D eigenvalue weighted by Gasteiger charge is -2.22. The highest BCUT2D eigenvalue weighted by atomic mass is 16.3. The number of aryl methyl sites for hydroxylation is 1. The van der Waals surface area contributed by atoms with Gasteiger partial charge in [-0.25, -0.2) is 4.98 Å². The lowest BCUT2D eigenvalue weighted by molar-refractivity contribution is 0.137. The molecule has 0 aliphatic heterocycles. The molecule has 0 bridgehead atoms. The van der Waals surface area contributed by atoms with Crippen LogP contribution < -0.4 is 0 Å². The summed E-state index contributed by atoms with van der Waals surface area (Å²) in [5.74, 6) is 0.744. The molecule has 1 aromatic rings. The van der Waals surface area contributed by atoms with Crippen LogP contribution in [0.5, 0.6) is 0 Å². The Hall–Kier alpha value is -1.60. The maximum atomic E-state index is 9.84. The van der Waals surface area contributed by atoms with E-state index in [4.69, 9.17) is 5.26 Å². The van der Waals surface area contributed by atoms with E-state index < -0.39 is 5.60 Å². The molecule has 1 heterocycles. The highest BCUT2D eigenvalue weighted by molar-refractivity contribution is 5.57. The number of imidazole rings is 1. The van der Waals surface area contributed by atoms with Crippen molar-refractivity contribution in [3.8, 4) is 6.07 Å². The molecular weight excluding hydrogens is 178 g/mol. The lowest BCUT2D eigenvalue weighted by atomic mass is 10.0. The van der Waals surface area contributed by atoms with Crippen LogP contribution in [0.4, 0.5) is 0 Å². The van der Waals surface area contributed by atoms with Gasteiger partial charge in [0.2, 0.25) is 0 Å². The Morgan fingerprint density at radius 1 is 1.71 bits per heavy atom. The van der Waals surface area contributed by atoms with Gasteiger partial charge < -0.3 is 9.67 Å². The van der Waals surface area contributed by atoms with Gasteiger partial charge in [-0.2, -0.15) is 5.26 Å². The third-order valence-corrected chi connectivity index (χ3v) is 1.91. The van der Waals surface area contributed by atoms with Gasteiger partial charge in [-0.15, -0.1) is 0 Å². The molecule has 0 saturated heterocycles. The average molecular weight is 191 g/mol. The maximum absolute atomic E-state index is 9.84. The number of aromatic nitrogens is 2. The van der Waals surface area contributed by atoms with E-state index in [1.807, 2.05) is 13.0 Å². The van der Waals surface area contributed by atoms with E-state index in [2.05, 4.69) is 4.98 Å². The predicted molar refractivity (Wildman–Crippen MR) is 53.1 cm³/mol. The monoisotopic (exact) mass is 191 g/mol. The second kappa shape index (κ2) is 3.64. The summed E-state index contributed by atoms with van der Waals surface area (Å²) in [7, 11) is 0. The molecule has 0 spiro atoms. The van der Waals surface area contributed by atoms with Crippen molar-refractivity contribution in [2.24, 2.45) is 0 Å². The highest BCUT2D eigenvalue weighted by Gasteiger charge is 2.21. The van der Waals surface area contributed by atoms with Crippen molar-refractivity contribution in [3.05, 3.63) is 24.3 Å². The molecule has 1 N–H and O–H groups in total. The molecule has 1 aromatic heterocycles. The normalized spacial score (nSPS) is 12.6. The molecule has 0 amide bonds. The Kier molecular flexibility index (Phi) is 2.73. The van der Waals surface area contributed by atoms with Crippen LogP contribution in [0, 0.1) is 18.3 Å². The summed E-state index contributed by atoms with van der Waals surface area (Å²) in [6.45, 7) is 5.09. The van der Waals surface area contributed by atoms with E-state index in [-0.39, 0.29) is 0 Å². The van der Waals surface area contributed by atoms with Gasteiger partial charge in [0, 0.05) is 18.5 Å². The fraction of sp³-hybridized carbons (Fsp3) is 0.400. The van der Waals surface area contributed by atoms with Gasteiger partial charge in [-0.3, -0.25) is 0 Å². The molecule has 0 fully saturated rings. The Balaban J connectivity index is 3.23. The first-order valence-corrected chi connectivity index (χ1v) is 4.30. The summed E-state index contributed by atoms with van der Waals surface area (Å²) in [4.78, 5) is 4.03. The summed E-state index contributed by atoms with van der Waals surface area (Å²) in [6, 6.07) is 1.92. The van der Waals surface area contributed by atoms with Crippen molar-refractivity contribution in [2.45, 2.75) is 26.4 Å². The van der Waals surface area contributed by atoms with Crippen molar-refractivity contribution >= 4 is 5.70 Å². The van der Waals surface area contributed by atoms with E-state index in [1.54, 1.807) is 30.8 Å². The molecule has 0 aliphatic rings. The van der Waals surface area contributed by atoms with Crippen LogP contribution in [0.2, 0.25) is 0 Å². The van der Waals surface area contributed by atoms with Gasteiger partial charge in [-0.05, 0) is 20.8 Å². The molecule has 0 aromatic carbocycles. The summed E-state index contributed by atoms with van der Waals surface area (Å²) in [6.07, 6.45) is 4.68. The molecule has 0 unspecified atom stereocenters. The molecule has 74 valence electrons. The molecule has 1 rings (SSSR count). The molecule has 0 atom stereocenters. The number of aliphatic hydroxyl groups is 1. The zero-order valence-corrected chi connectivity index (χ0v) is 8.52. The third-order valence-electron chi connectivity index (χ3n) is 1.91. The number of rotatable bonds is 2. The highest BCUT2D eigenvalue weighted by Crippen LogP contribution is 2.21.